The van der Waals surface area contributed by atoms with Gasteiger partial charge >= 0.3 is 0 Å². The SMILES string of the molecule is COc1cccc(C(=O)N(c2ccc(C)c(Cl)c2)[C@@H]2C=CS(=O)(=O)C2)c1. The lowest BCUT2D eigenvalue weighted by atomic mass is 10.1. The molecule has 0 N–H and O–H groups in total. The molecule has 1 aliphatic heterocycles. The van der Waals surface area contributed by atoms with Gasteiger partial charge in [0.25, 0.3) is 5.91 Å². The highest BCUT2D eigenvalue weighted by molar-refractivity contribution is 7.94. The van der Waals surface area contributed by atoms with E-state index in [0.717, 1.165) is 11.0 Å². The van der Waals surface area contributed by atoms with Crippen molar-refractivity contribution in [2.45, 2.75) is 13.0 Å². The molecule has 1 aliphatic rings. The van der Waals surface area contributed by atoms with Crippen LogP contribution >= 0.6 is 11.6 Å². The molecule has 136 valence electrons. The first-order valence-electron chi connectivity index (χ1n) is 7.95. The van der Waals surface area contributed by atoms with Crippen LogP contribution in [0.5, 0.6) is 5.75 Å². The van der Waals surface area contributed by atoms with Crippen LogP contribution in [0.4, 0.5) is 5.69 Å². The van der Waals surface area contributed by atoms with Crippen molar-refractivity contribution in [3.63, 3.8) is 0 Å². The van der Waals surface area contributed by atoms with Crippen LogP contribution in [-0.2, 0) is 9.84 Å². The largest absolute Gasteiger partial charge is 0.497 e. The Morgan fingerprint density at radius 1 is 1.23 bits per heavy atom. The first-order chi connectivity index (χ1) is 12.3. The Bertz CT molecular complexity index is 985. The van der Waals surface area contributed by atoms with E-state index in [1.54, 1.807) is 42.5 Å². The second kappa shape index (κ2) is 7.13. The number of benzene rings is 2. The Morgan fingerprint density at radius 3 is 2.62 bits per heavy atom. The van der Waals surface area contributed by atoms with E-state index >= 15 is 0 Å². The van der Waals surface area contributed by atoms with E-state index in [2.05, 4.69) is 0 Å². The molecule has 5 nitrogen and oxygen atoms in total. The lowest BCUT2D eigenvalue weighted by Crippen LogP contribution is -2.41. The first kappa shape index (κ1) is 18.5. The standard InChI is InChI=1S/C19H18ClNO4S/c1-13-6-7-15(11-18(13)20)21(16-8-9-26(23,24)12-16)19(22)14-4-3-5-17(10-14)25-2/h3-11,16H,12H2,1-2H3/t16-/m1/s1. The molecule has 0 spiro atoms. The molecule has 1 amide bonds. The molecule has 0 aliphatic carbocycles. The molecule has 0 unspecified atom stereocenters. The Morgan fingerprint density at radius 2 is 2.00 bits per heavy atom. The van der Waals surface area contributed by atoms with Crippen molar-refractivity contribution in [2.24, 2.45) is 0 Å². The number of amides is 1. The molecule has 26 heavy (non-hydrogen) atoms. The normalized spacial score (nSPS) is 17.9. The van der Waals surface area contributed by atoms with Crippen molar-refractivity contribution in [3.8, 4) is 5.75 Å². The number of carbonyl (C=O) groups is 1. The number of aryl methyl sites for hydroxylation is 1. The summed E-state index contributed by atoms with van der Waals surface area (Å²) >= 11 is 6.22. The molecule has 0 fully saturated rings. The monoisotopic (exact) mass is 391 g/mol. The summed E-state index contributed by atoms with van der Waals surface area (Å²) in [6.45, 7) is 1.86. The van der Waals surface area contributed by atoms with E-state index < -0.39 is 15.9 Å². The summed E-state index contributed by atoms with van der Waals surface area (Å²) in [5.74, 6) is 0.0664. The highest BCUT2D eigenvalue weighted by Gasteiger charge is 2.32. The van der Waals surface area contributed by atoms with Gasteiger partial charge in [0.15, 0.2) is 9.84 Å². The molecule has 0 bridgehead atoms. The maximum Gasteiger partial charge on any atom is 0.258 e. The number of hydrogen-bond donors (Lipinski definition) is 0. The molecule has 2 aromatic rings. The lowest BCUT2D eigenvalue weighted by molar-refractivity contribution is 0.0983. The van der Waals surface area contributed by atoms with Gasteiger partial charge < -0.3 is 9.64 Å². The van der Waals surface area contributed by atoms with Gasteiger partial charge in [-0.25, -0.2) is 8.42 Å². The van der Waals surface area contributed by atoms with Crippen molar-refractivity contribution in [1.82, 2.24) is 0 Å². The molecule has 3 rings (SSSR count). The number of anilines is 1. The van der Waals surface area contributed by atoms with Gasteiger partial charge in [0.2, 0.25) is 0 Å². The van der Waals surface area contributed by atoms with Gasteiger partial charge in [-0.3, -0.25) is 4.79 Å². The summed E-state index contributed by atoms with van der Waals surface area (Å²) in [5, 5.41) is 1.66. The Kier molecular flexibility index (Phi) is 5.07. The zero-order chi connectivity index (χ0) is 18.9. The molecule has 0 aromatic heterocycles. The summed E-state index contributed by atoms with van der Waals surface area (Å²) in [7, 11) is -1.81. The summed E-state index contributed by atoms with van der Waals surface area (Å²) < 4.78 is 29.0. The molecule has 1 heterocycles. The second-order valence-electron chi connectivity index (χ2n) is 6.07. The predicted molar refractivity (Wildman–Crippen MR) is 103 cm³/mol. The average molecular weight is 392 g/mol. The van der Waals surface area contributed by atoms with Crippen LogP contribution in [0.25, 0.3) is 0 Å². The Hall–Kier alpha value is -2.31. The molecule has 1 atom stereocenters. The molecule has 0 saturated heterocycles. The van der Waals surface area contributed by atoms with Crippen LogP contribution in [0.2, 0.25) is 5.02 Å². The van der Waals surface area contributed by atoms with Gasteiger partial charge in [-0.1, -0.05) is 23.7 Å². The number of halogens is 1. The Balaban J connectivity index is 2.06. The summed E-state index contributed by atoms with van der Waals surface area (Å²) in [6, 6.07) is 11.4. The zero-order valence-corrected chi connectivity index (χ0v) is 15.9. The maximum atomic E-state index is 13.2. The van der Waals surface area contributed by atoms with Crippen molar-refractivity contribution in [1.29, 1.82) is 0 Å². The second-order valence-corrected chi connectivity index (χ2v) is 8.40. The van der Waals surface area contributed by atoms with Gasteiger partial charge in [-0.15, -0.1) is 0 Å². The van der Waals surface area contributed by atoms with E-state index in [4.69, 9.17) is 16.3 Å². The van der Waals surface area contributed by atoms with Crippen molar-refractivity contribution >= 4 is 33.0 Å². The molecule has 0 radical (unpaired) electrons. The highest BCUT2D eigenvalue weighted by atomic mass is 35.5. The van der Waals surface area contributed by atoms with Gasteiger partial charge in [0.05, 0.1) is 18.9 Å². The van der Waals surface area contributed by atoms with Gasteiger partial charge in [0, 0.05) is 21.7 Å². The third-order valence-electron chi connectivity index (χ3n) is 4.21. The highest BCUT2D eigenvalue weighted by Crippen LogP contribution is 2.29. The summed E-state index contributed by atoms with van der Waals surface area (Å²) in [6.07, 6.45) is 1.53. The maximum absolute atomic E-state index is 13.2. The Labute approximate surface area is 157 Å². The summed E-state index contributed by atoms with van der Waals surface area (Å²) in [5.41, 5.74) is 1.82. The van der Waals surface area contributed by atoms with Crippen LogP contribution in [0.15, 0.2) is 53.9 Å². The fourth-order valence-electron chi connectivity index (χ4n) is 2.81. The zero-order valence-electron chi connectivity index (χ0n) is 14.3. The van der Waals surface area contributed by atoms with Crippen molar-refractivity contribution in [3.05, 3.63) is 70.1 Å². The minimum Gasteiger partial charge on any atom is -0.497 e. The number of methoxy groups -OCH3 is 1. The minimum atomic E-state index is -3.33. The number of rotatable bonds is 4. The van der Waals surface area contributed by atoms with Crippen molar-refractivity contribution in [2.75, 3.05) is 17.8 Å². The van der Waals surface area contributed by atoms with Crippen LogP contribution in [0.3, 0.4) is 0 Å². The van der Waals surface area contributed by atoms with Crippen molar-refractivity contribution < 1.29 is 17.9 Å². The summed E-state index contributed by atoms with van der Waals surface area (Å²) in [4.78, 5) is 14.7. The quantitative estimate of drug-likeness (QED) is 0.798. The fourth-order valence-corrected chi connectivity index (χ4v) is 4.25. The average Bonchev–Trinajstić information content (AvgIpc) is 2.97. The van der Waals surface area contributed by atoms with E-state index in [-0.39, 0.29) is 11.7 Å². The third kappa shape index (κ3) is 3.76. The lowest BCUT2D eigenvalue weighted by Gasteiger charge is -2.28. The third-order valence-corrected chi connectivity index (χ3v) is 6.00. The van der Waals surface area contributed by atoms with Crippen LogP contribution < -0.4 is 9.64 Å². The van der Waals surface area contributed by atoms with Gasteiger partial charge in [0.1, 0.15) is 5.75 Å². The molecule has 2 aromatic carbocycles. The molecular weight excluding hydrogens is 374 g/mol. The number of carbonyl (C=O) groups excluding carboxylic acids is 1. The predicted octanol–water partition coefficient (Wildman–Crippen LogP) is 3.61. The minimum absolute atomic E-state index is 0.159. The number of ether oxygens (including phenoxy) is 1. The van der Waals surface area contributed by atoms with Gasteiger partial charge in [-0.2, -0.15) is 0 Å². The molecular formula is C19H18ClNO4S. The molecule has 0 saturated carbocycles. The number of nitrogens with zero attached hydrogens (tertiary/aromatic N) is 1. The molecule has 7 heteroatoms. The van der Waals surface area contributed by atoms with E-state index in [1.165, 1.54) is 18.1 Å². The van der Waals surface area contributed by atoms with E-state index in [9.17, 15) is 13.2 Å². The van der Waals surface area contributed by atoms with Crippen LogP contribution in [0, 0.1) is 6.92 Å². The smallest absolute Gasteiger partial charge is 0.258 e. The van der Waals surface area contributed by atoms with Gasteiger partial charge in [-0.05, 0) is 48.9 Å². The fraction of sp³-hybridized carbons (Fsp3) is 0.211. The van der Waals surface area contributed by atoms with Crippen LogP contribution in [0.1, 0.15) is 15.9 Å². The topological polar surface area (TPSA) is 63.7 Å². The van der Waals surface area contributed by atoms with E-state index in [0.29, 0.717) is 22.0 Å². The van der Waals surface area contributed by atoms with Crippen LogP contribution in [-0.4, -0.2) is 33.2 Å². The first-order valence-corrected chi connectivity index (χ1v) is 10.0. The number of sulfone groups is 1. The number of hydrogen-bond acceptors (Lipinski definition) is 4. The van der Waals surface area contributed by atoms with E-state index in [1.807, 2.05) is 6.92 Å².